The highest BCUT2D eigenvalue weighted by Gasteiger charge is 2.30. The van der Waals surface area contributed by atoms with Gasteiger partial charge in [-0.1, -0.05) is 13.8 Å². The zero-order valence-corrected chi connectivity index (χ0v) is 13.6. The zero-order chi connectivity index (χ0) is 16.3. The summed E-state index contributed by atoms with van der Waals surface area (Å²) in [4.78, 5) is 10.4. The highest BCUT2D eigenvalue weighted by atomic mass is 32.2. The molecule has 122 valence electrons. The van der Waals surface area contributed by atoms with Gasteiger partial charge in [-0.2, -0.15) is 4.31 Å². The quantitative estimate of drug-likeness (QED) is 0.640. The Morgan fingerprint density at radius 1 is 1.32 bits per heavy atom. The van der Waals surface area contributed by atoms with E-state index >= 15 is 0 Å². The number of rotatable bonds is 6. The molecule has 1 aromatic rings. The van der Waals surface area contributed by atoms with Gasteiger partial charge in [0.2, 0.25) is 10.0 Å². The second kappa shape index (κ2) is 6.62. The van der Waals surface area contributed by atoms with Gasteiger partial charge in [0.05, 0.1) is 10.6 Å². The predicted octanol–water partition coefficient (Wildman–Crippen LogP) is 2.45. The molecule has 0 bridgehead atoms. The summed E-state index contributed by atoms with van der Waals surface area (Å²) in [5, 5.41) is 14.0. The van der Waals surface area contributed by atoms with Crippen LogP contribution in [0.1, 0.15) is 26.7 Å². The lowest BCUT2D eigenvalue weighted by Gasteiger charge is -2.19. The molecule has 1 aromatic carbocycles. The Hall–Kier alpha value is -1.67. The Kier molecular flexibility index (Phi) is 5.02. The van der Waals surface area contributed by atoms with Gasteiger partial charge in [0.25, 0.3) is 5.69 Å². The Bertz CT molecular complexity index is 652. The maximum atomic E-state index is 12.7. The van der Waals surface area contributed by atoms with Crippen LogP contribution in [0.5, 0.6) is 0 Å². The molecule has 0 aromatic heterocycles. The van der Waals surface area contributed by atoms with Gasteiger partial charge in [0.15, 0.2) is 0 Å². The normalized spacial score (nSPS) is 16.1. The molecule has 1 aliphatic heterocycles. The first kappa shape index (κ1) is 16.7. The smallest absolute Gasteiger partial charge is 0.270 e. The van der Waals surface area contributed by atoms with Crippen molar-refractivity contribution < 1.29 is 13.3 Å². The number of nitrogens with one attached hydrogen (secondary N) is 1. The molecule has 0 saturated carbocycles. The van der Waals surface area contributed by atoms with Gasteiger partial charge in [-0.3, -0.25) is 10.1 Å². The van der Waals surface area contributed by atoms with E-state index in [1.807, 2.05) is 13.8 Å². The summed E-state index contributed by atoms with van der Waals surface area (Å²) >= 11 is 0. The van der Waals surface area contributed by atoms with Crippen molar-refractivity contribution in [2.45, 2.75) is 31.6 Å². The summed E-state index contributed by atoms with van der Waals surface area (Å²) in [7, 11) is -3.71. The maximum Gasteiger partial charge on any atom is 0.270 e. The van der Waals surface area contributed by atoms with Crippen LogP contribution in [0.25, 0.3) is 0 Å². The predicted molar refractivity (Wildman–Crippen MR) is 84.4 cm³/mol. The van der Waals surface area contributed by atoms with Gasteiger partial charge in [-0.25, -0.2) is 8.42 Å². The third-order valence-electron chi connectivity index (χ3n) is 3.56. The monoisotopic (exact) mass is 327 g/mol. The van der Waals surface area contributed by atoms with Crippen molar-refractivity contribution in [3.05, 3.63) is 28.3 Å². The van der Waals surface area contributed by atoms with E-state index in [9.17, 15) is 18.5 Å². The highest BCUT2D eigenvalue weighted by Crippen LogP contribution is 2.30. The molecular weight excluding hydrogens is 306 g/mol. The molecule has 0 radical (unpaired) electrons. The van der Waals surface area contributed by atoms with E-state index < -0.39 is 14.9 Å². The van der Waals surface area contributed by atoms with E-state index in [0.29, 0.717) is 31.2 Å². The van der Waals surface area contributed by atoms with Crippen molar-refractivity contribution in [2.75, 3.05) is 25.0 Å². The first-order valence-electron chi connectivity index (χ1n) is 7.35. The first-order chi connectivity index (χ1) is 10.3. The van der Waals surface area contributed by atoms with Crippen molar-refractivity contribution in [1.82, 2.24) is 4.31 Å². The molecule has 22 heavy (non-hydrogen) atoms. The van der Waals surface area contributed by atoms with Crippen molar-refractivity contribution in [3.63, 3.8) is 0 Å². The summed E-state index contributed by atoms with van der Waals surface area (Å²) in [6.07, 6.45) is 1.64. The Balaban J connectivity index is 2.44. The number of sulfonamides is 1. The number of non-ortho nitro benzene ring substituents is 1. The molecular formula is C14H21N3O4S. The van der Waals surface area contributed by atoms with E-state index in [4.69, 9.17) is 0 Å². The van der Waals surface area contributed by atoms with Crippen LogP contribution in [0, 0.1) is 16.0 Å². The minimum Gasteiger partial charge on any atom is -0.384 e. The van der Waals surface area contributed by atoms with Gasteiger partial charge < -0.3 is 5.32 Å². The highest BCUT2D eigenvalue weighted by molar-refractivity contribution is 7.89. The fraction of sp³-hybridized carbons (Fsp3) is 0.571. The summed E-state index contributed by atoms with van der Waals surface area (Å²) in [6.45, 7) is 5.55. The van der Waals surface area contributed by atoms with Crippen LogP contribution >= 0.6 is 0 Å². The van der Waals surface area contributed by atoms with Crippen molar-refractivity contribution in [3.8, 4) is 0 Å². The van der Waals surface area contributed by atoms with Gasteiger partial charge in [0, 0.05) is 31.8 Å². The van der Waals surface area contributed by atoms with Gasteiger partial charge >= 0.3 is 0 Å². The molecule has 1 saturated heterocycles. The number of nitro benzene ring substituents is 1. The van der Waals surface area contributed by atoms with Crippen LogP contribution in [0.3, 0.4) is 0 Å². The molecule has 1 N–H and O–H groups in total. The van der Waals surface area contributed by atoms with Gasteiger partial charge in [0.1, 0.15) is 4.90 Å². The molecule has 0 spiro atoms. The number of benzene rings is 1. The second-order valence-electron chi connectivity index (χ2n) is 5.82. The zero-order valence-electron chi connectivity index (χ0n) is 12.8. The van der Waals surface area contributed by atoms with E-state index in [2.05, 4.69) is 5.32 Å². The maximum absolute atomic E-state index is 12.7. The van der Waals surface area contributed by atoms with Gasteiger partial charge in [-0.15, -0.1) is 0 Å². The minimum absolute atomic E-state index is 0.00995. The standard InChI is InChI=1S/C14H21N3O4S/c1-11(2)10-15-13-6-5-12(17(18)19)9-14(13)22(20,21)16-7-3-4-8-16/h5-6,9,11,15H,3-4,7-8,10H2,1-2H3. The number of nitrogens with zero attached hydrogens (tertiary/aromatic N) is 2. The fourth-order valence-corrected chi connectivity index (χ4v) is 4.07. The summed E-state index contributed by atoms with van der Waals surface area (Å²) < 4.78 is 26.9. The molecule has 7 nitrogen and oxygen atoms in total. The lowest BCUT2D eigenvalue weighted by atomic mass is 10.2. The molecule has 1 aliphatic rings. The molecule has 0 aliphatic carbocycles. The number of hydrogen-bond acceptors (Lipinski definition) is 5. The average Bonchev–Trinajstić information content (AvgIpc) is 2.99. The number of nitro groups is 1. The van der Waals surface area contributed by atoms with Crippen molar-refractivity contribution >= 4 is 21.4 Å². The largest absolute Gasteiger partial charge is 0.384 e. The SMILES string of the molecule is CC(C)CNc1ccc([N+](=O)[O-])cc1S(=O)(=O)N1CCCC1. The molecule has 0 atom stereocenters. The molecule has 8 heteroatoms. The second-order valence-corrected chi connectivity index (χ2v) is 7.73. The molecule has 1 fully saturated rings. The lowest BCUT2D eigenvalue weighted by Crippen LogP contribution is -2.28. The van der Waals surface area contributed by atoms with Crippen LogP contribution in [0.2, 0.25) is 0 Å². The first-order valence-corrected chi connectivity index (χ1v) is 8.79. The van der Waals surface area contributed by atoms with Crippen LogP contribution in [-0.4, -0.2) is 37.3 Å². The summed E-state index contributed by atoms with van der Waals surface area (Å²) in [5.41, 5.74) is 0.207. The van der Waals surface area contributed by atoms with Crippen molar-refractivity contribution in [1.29, 1.82) is 0 Å². The Morgan fingerprint density at radius 2 is 1.95 bits per heavy atom. The number of hydrogen-bond donors (Lipinski definition) is 1. The Labute approximate surface area is 130 Å². The van der Waals surface area contributed by atoms with Gasteiger partial charge in [-0.05, 0) is 24.8 Å². The third-order valence-corrected chi connectivity index (χ3v) is 5.50. The van der Waals surface area contributed by atoms with Crippen LogP contribution in [0.15, 0.2) is 23.1 Å². The minimum atomic E-state index is -3.71. The lowest BCUT2D eigenvalue weighted by molar-refractivity contribution is -0.385. The third kappa shape index (κ3) is 3.56. The Morgan fingerprint density at radius 3 is 2.50 bits per heavy atom. The van der Waals surface area contributed by atoms with E-state index in [1.54, 1.807) is 0 Å². The van der Waals surface area contributed by atoms with E-state index in [1.165, 1.54) is 16.4 Å². The number of anilines is 1. The topological polar surface area (TPSA) is 92.5 Å². The fourth-order valence-electron chi connectivity index (χ4n) is 2.37. The molecule has 1 heterocycles. The molecule has 2 rings (SSSR count). The van der Waals surface area contributed by atoms with E-state index in [-0.39, 0.29) is 10.6 Å². The van der Waals surface area contributed by atoms with E-state index in [0.717, 1.165) is 18.9 Å². The average molecular weight is 327 g/mol. The molecule has 0 amide bonds. The van der Waals surface area contributed by atoms with Crippen LogP contribution in [0.4, 0.5) is 11.4 Å². The summed E-state index contributed by atoms with van der Waals surface area (Å²) in [6, 6.07) is 3.95. The van der Waals surface area contributed by atoms with Crippen LogP contribution < -0.4 is 5.32 Å². The summed E-state index contributed by atoms with van der Waals surface area (Å²) in [5.74, 6) is 0.331. The molecule has 0 unspecified atom stereocenters. The van der Waals surface area contributed by atoms with Crippen LogP contribution in [-0.2, 0) is 10.0 Å². The van der Waals surface area contributed by atoms with Crippen molar-refractivity contribution in [2.24, 2.45) is 5.92 Å².